The Labute approximate surface area is 279 Å². The average molecular weight is 646 g/mol. The van der Waals surface area contributed by atoms with Crippen molar-refractivity contribution in [2.75, 3.05) is 13.7 Å². The summed E-state index contributed by atoms with van der Waals surface area (Å²) in [6.07, 6.45) is 6.38. The molecule has 0 bridgehead atoms. The minimum Gasteiger partial charge on any atom is -0.493 e. The van der Waals surface area contributed by atoms with Crippen LogP contribution in [-0.2, 0) is 14.3 Å². The normalized spacial score (nSPS) is 17.4. The molecule has 1 aliphatic carbocycles. The standard InChI is InChI=1S/C34H50FNO4.C4H10O.CH4/c1-10-12-23(6)28(20-30(37)39-9)32(24(7)25(8)34(38)36-26-15-13-22(5)14-16-26)27-17-18-29(40-19-11-2)31(21(3)4)33(27)35;1-4(2,3)5;/h17-18,21-22,26H,8,10-16,19-20H2,1-7,9H3,(H,36,38);5H,1-3H3;1H4/b28-23-,32-24-;;. The van der Waals surface area contributed by atoms with E-state index in [4.69, 9.17) is 14.6 Å². The molecule has 1 fully saturated rings. The first-order chi connectivity index (χ1) is 21.0. The zero-order valence-electron chi connectivity index (χ0n) is 29.9. The van der Waals surface area contributed by atoms with Gasteiger partial charge in [-0.3, -0.25) is 9.59 Å². The molecule has 2 N–H and O–H groups in total. The number of nitrogens with one attached hydrogen (secondary N) is 1. The maximum Gasteiger partial charge on any atom is 0.309 e. The molecule has 46 heavy (non-hydrogen) atoms. The van der Waals surface area contributed by atoms with E-state index in [2.05, 4.69) is 25.7 Å². The van der Waals surface area contributed by atoms with E-state index in [0.717, 1.165) is 50.5 Å². The molecule has 2 rings (SSSR count). The minimum absolute atomic E-state index is 0. The predicted octanol–water partition coefficient (Wildman–Crippen LogP) is 9.86. The molecular formula is C39H64FNO5. The van der Waals surface area contributed by atoms with Gasteiger partial charge < -0.3 is 19.9 Å². The number of halogens is 1. The number of carbonyl (C=O) groups is 2. The van der Waals surface area contributed by atoms with Crippen molar-refractivity contribution < 1.29 is 28.6 Å². The Balaban J connectivity index is 0.00000312. The van der Waals surface area contributed by atoms with Crippen LogP contribution in [0.1, 0.15) is 145 Å². The topological polar surface area (TPSA) is 84.9 Å². The number of ether oxygens (including phenoxy) is 2. The first-order valence-corrected chi connectivity index (χ1v) is 16.6. The van der Waals surface area contributed by atoms with Crippen LogP contribution in [-0.4, -0.2) is 42.3 Å². The van der Waals surface area contributed by atoms with Gasteiger partial charge in [-0.1, -0.05) is 60.6 Å². The zero-order chi connectivity index (χ0) is 34.5. The lowest BCUT2D eigenvalue weighted by Gasteiger charge is -2.28. The van der Waals surface area contributed by atoms with Crippen LogP contribution in [0.15, 0.2) is 41.0 Å². The van der Waals surface area contributed by atoms with Gasteiger partial charge in [0, 0.05) is 22.7 Å². The largest absolute Gasteiger partial charge is 0.493 e. The van der Waals surface area contributed by atoms with Gasteiger partial charge in [-0.2, -0.15) is 0 Å². The summed E-state index contributed by atoms with van der Waals surface area (Å²) >= 11 is 0. The van der Waals surface area contributed by atoms with E-state index in [1.54, 1.807) is 39.8 Å². The molecule has 0 heterocycles. The van der Waals surface area contributed by atoms with E-state index in [1.807, 2.05) is 27.7 Å². The Kier molecular flexibility index (Phi) is 19.0. The quantitative estimate of drug-likeness (QED) is 0.127. The number of esters is 1. The fourth-order valence-corrected chi connectivity index (χ4v) is 5.43. The number of benzene rings is 1. The first-order valence-electron chi connectivity index (χ1n) is 16.6. The van der Waals surface area contributed by atoms with Gasteiger partial charge in [-0.15, -0.1) is 0 Å². The van der Waals surface area contributed by atoms with Gasteiger partial charge in [-0.25, -0.2) is 4.39 Å². The second-order valence-corrected chi connectivity index (χ2v) is 13.7. The molecule has 6 nitrogen and oxygen atoms in total. The smallest absolute Gasteiger partial charge is 0.309 e. The Morgan fingerprint density at radius 2 is 1.65 bits per heavy atom. The number of allylic oxidation sites excluding steroid dienone is 2. The predicted molar refractivity (Wildman–Crippen MR) is 191 cm³/mol. The van der Waals surface area contributed by atoms with Gasteiger partial charge in [0.2, 0.25) is 0 Å². The van der Waals surface area contributed by atoms with Crippen molar-refractivity contribution in [3.63, 3.8) is 0 Å². The number of hydrogen-bond acceptors (Lipinski definition) is 5. The third-order valence-corrected chi connectivity index (χ3v) is 7.89. The molecule has 0 saturated heterocycles. The molecule has 1 amide bonds. The Bertz CT molecular complexity index is 1210. The van der Waals surface area contributed by atoms with Crippen LogP contribution in [0.3, 0.4) is 0 Å². The van der Waals surface area contributed by atoms with Crippen LogP contribution >= 0.6 is 0 Å². The van der Waals surface area contributed by atoms with Crippen molar-refractivity contribution in [1.29, 1.82) is 0 Å². The van der Waals surface area contributed by atoms with Crippen LogP contribution in [0.5, 0.6) is 5.75 Å². The van der Waals surface area contributed by atoms with Gasteiger partial charge in [0.1, 0.15) is 11.6 Å². The lowest BCUT2D eigenvalue weighted by molar-refractivity contribution is -0.139. The number of carbonyl (C=O) groups excluding carboxylic acids is 2. The van der Waals surface area contributed by atoms with E-state index in [9.17, 15) is 9.59 Å². The van der Waals surface area contributed by atoms with Crippen molar-refractivity contribution in [3.05, 3.63) is 57.9 Å². The summed E-state index contributed by atoms with van der Waals surface area (Å²) in [6.45, 7) is 23.8. The van der Waals surface area contributed by atoms with Crippen LogP contribution in [0.4, 0.5) is 4.39 Å². The molecule has 1 saturated carbocycles. The molecule has 0 spiro atoms. The summed E-state index contributed by atoms with van der Waals surface area (Å²) in [4.78, 5) is 26.1. The fraction of sp³-hybridized carbons (Fsp3) is 0.641. The first kappa shape index (κ1) is 43.1. The van der Waals surface area contributed by atoms with E-state index in [0.29, 0.717) is 46.1 Å². The lowest BCUT2D eigenvalue weighted by Crippen LogP contribution is -2.38. The molecule has 0 atom stereocenters. The highest BCUT2D eigenvalue weighted by Crippen LogP contribution is 2.41. The van der Waals surface area contributed by atoms with Crippen molar-refractivity contribution in [1.82, 2.24) is 5.32 Å². The van der Waals surface area contributed by atoms with Gasteiger partial charge in [0.15, 0.2) is 0 Å². The second kappa shape index (κ2) is 20.3. The summed E-state index contributed by atoms with van der Waals surface area (Å²) < 4.78 is 27.5. The third kappa shape index (κ3) is 13.8. The molecule has 1 aromatic rings. The Hall–Kier alpha value is -2.93. The molecule has 0 unspecified atom stereocenters. The zero-order valence-corrected chi connectivity index (χ0v) is 29.9. The molecule has 262 valence electrons. The Morgan fingerprint density at radius 1 is 1.09 bits per heavy atom. The van der Waals surface area contributed by atoms with Gasteiger partial charge >= 0.3 is 5.97 Å². The summed E-state index contributed by atoms with van der Waals surface area (Å²) in [5.41, 5.74) is 3.28. The number of rotatable bonds is 13. The number of amides is 1. The molecule has 0 aliphatic heterocycles. The number of aliphatic hydroxyl groups is 1. The summed E-state index contributed by atoms with van der Waals surface area (Å²) in [7, 11) is 1.35. The summed E-state index contributed by atoms with van der Waals surface area (Å²) in [5.74, 6) is -0.0407. The lowest BCUT2D eigenvalue weighted by atomic mass is 9.83. The van der Waals surface area contributed by atoms with Gasteiger partial charge in [0.25, 0.3) is 5.91 Å². The van der Waals surface area contributed by atoms with Gasteiger partial charge in [0.05, 0.1) is 25.7 Å². The highest BCUT2D eigenvalue weighted by molar-refractivity contribution is 6.02. The molecule has 0 radical (unpaired) electrons. The van der Waals surface area contributed by atoms with Crippen LogP contribution in [0, 0.1) is 11.7 Å². The second-order valence-electron chi connectivity index (χ2n) is 13.7. The maximum absolute atomic E-state index is 16.5. The van der Waals surface area contributed by atoms with Crippen molar-refractivity contribution in [3.8, 4) is 5.75 Å². The van der Waals surface area contributed by atoms with E-state index in [-0.39, 0.29) is 37.3 Å². The average Bonchev–Trinajstić information content (AvgIpc) is 2.95. The number of hydrogen-bond donors (Lipinski definition) is 2. The third-order valence-electron chi connectivity index (χ3n) is 7.89. The van der Waals surface area contributed by atoms with Crippen molar-refractivity contribution in [2.45, 2.75) is 146 Å². The molecule has 1 aliphatic rings. The highest BCUT2D eigenvalue weighted by atomic mass is 19.1. The van der Waals surface area contributed by atoms with E-state index < -0.39 is 17.4 Å². The fourth-order valence-electron chi connectivity index (χ4n) is 5.43. The van der Waals surface area contributed by atoms with E-state index in [1.165, 1.54) is 7.11 Å². The molecule has 0 aromatic heterocycles. The van der Waals surface area contributed by atoms with Crippen molar-refractivity contribution in [2.24, 2.45) is 5.92 Å². The highest BCUT2D eigenvalue weighted by Gasteiger charge is 2.28. The van der Waals surface area contributed by atoms with Crippen LogP contribution in [0.25, 0.3) is 5.57 Å². The van der Waals surface area contributed by atoms with E-state index >= 15 is 4.39 Å². The van der Waals surface area contributed by atoms with Crippen molar-refractivity contribution >= 4 is 17.4 Å². The minimum atomic E-state index is -0.500. The van der Waals surface area contributed by atoms with Crippen LogP contribution in [0.2, 0.25) is 0 Å². The SMILES string of the molecule is C.C=C(C(=O)NC1CCC(C)CC1)/C(C)=C(\C(CC(=O)OC)=C(\C)CCC)c1ccc(OCCC)c(C(C)C)c1F.CC(C)(C)O. The maximum atomic E-state index is 16.5. The monoisotopic (exact) mass is 645 g/mol. The van der Waals surface area contributed by atoms with Gasteiger partial charge in [-0.05, 0) is 114 Å². The van der Waals surface area contributed by atoms with Crippen LogP contribution < -0.4 is 10.1 Å². The Morgan fingerprint density at radius 3 is 2.13 bits per heavy atom. The molecular weight excluding hydrogens is 581 g/mol. The molecule has 1 aromatic carbocycles. The summed E-state index contributed by atoms with van der Waals surface area (Å²) in [6, 6.07) is 3.60. The number of methoxy groups -OCH3 is 1. The molecule has 7 heteroatoms. The summed E-state index contributed by atoms with van der Waals surface area (Å²) in [5, 5.41) is 11.7.